The van der Waals surface area contributed by atoms with E-state index in [0.717, 1.165) is 24.0 Å². The van der Waals surface area contributed by atoms with E-state index in [2.05, 4.69) is 24.3 Å². The van der Waals surface area contributed by atoms with Crippen LogP contribution < -0.4 is 0 Å². The zero-order valence-electron chi connectivity index (χ0n) is 12.1. The van der Waals surface area contributed by atoms with Crippen LogP contribution in [0.1, 0.15) is 48.3 Å². The van der Waals surface area contributed by atoms with Crippen molar-refractivity contribution in [2.45, 2.75) is 38.9 Å². The van der Waals surface area contributed by atoms with E-state index in [0.29, 0.717) is 0 Å². The first-order valence-electron chi connectivity index (χ1n) is 7.10. The molecule has 0 unspecified atom stereocenters. The molecule has 0 aliphatic carbocycles. The van der Waals surface area contributed by atoms with Crippen molar-refractivity contribution in [1.82, 2.24) is 0 Å². The maximum absolute atomic E-state index is 9.47. The van der Waals surface area contributed by atoms with Crippen LogP contribution in [0.5, 0.6) is 0 Å². The van der Waals surface area contributed by atoms with Crippen molar-refractivity contribution in [3.05, 3.63) is 70.8 Å². The van der Waals surface area contributed by atoms with Gasteiger partial charge in [-0.2, -0.15) is 0 Å². The van der Waals surface area contributed by atoms with Gasteiger partial charge in [0.25, 0.3) is 0 Å². The largest absolute Gasteiger partial charge is 0.389 e. The highest BCUT2D eigenvalue weighted by Gasteiger charge is 2.02. The number of rotatable bonds is 5. The molecule has 0 radical (unpaired) electrons. The summed E-state index contributed by atoms with van der Waals surface area (Å²) in [6.07, 6.45) is 1.15. The monoisotopic (exact) mass is 270 g/mol. The fourth-order valence-corrected chi connectivity index (χ4v) is 2.21. The molecule has 0 spiro atoms. The van der Waals surface area contributed by atoms with Gasteiger partial charge in [-0.05, 0) is 48.9 Å². The number of benzene rings is 2. The van der Waals surface area contributed by atoms with Crippen molar-refractivity contribution in [2.24, 2.45) is 0 Å². The summed E-state index contributed by atoms with van der Waals surface area (Å²) in [5.74, 6) is 0. The van der Waals surface area contributed by atoms with Crippen molar-refractivity contribution in [3.63, 3.8) is 0 Å². The first kappa shape index (κ1) is 14.8. The van der Waals surface area contributed by atoms with Gasteiger partial charge in [0, 0.05) is 0 Å². The van der Waals surface area contributed by atoms with Gasteiger partial charge in [-0.25, -0.2) is 0 Å². The van der Waals surface area contributed by atoms with Crippen molar-refractivity contribution in [1.29, 1.82) is 0 Å². The maximum atomic E-state index is 9.47. The zero-order chi connectivity index (χ0) is 14.5. The van der Waals surface area contributed by atoms with Gasteiger partial charge in [0.05, 0.1) is 12.2 Å². The average molecular weight is 270 g/mol. The number of hydrogen-bond donors (Lipinski definition) is 2. The Kier molecular flexibility index (Phi) is 4.94. The molecule has 0 aromatic heterocycles. The van der Waals surface area contributed by atoms with E-state index in [9.17, 15) is 10.2 Å². The molecule has 0 aliphatic rings. The highest BCUT2D eigenvalue weighted by molar-refractivity contribution is 5.27. The van der Waals surface area contributed by atoms with Gasteiger partial charge < -0.3 is 10.2 Å². The van der Waals surface area contributed by atoms with Crippen LogP contribution in [0.2, 0.25) is 0 Å². The van der Waals surface area contributed by atoms with Crippen molar-refractivity contribution >= 4 is 0 Å². The first-order valence-corrected chi connectivity index (χ1v) is 7.10. The number of aliphatic hydroxyl groups excluding tert-OH is 2. The minimum absolute atomic E-state index is 0.405. The van der Waals surface area contributed by atoms with Crippen LogP contribution in [-0.4, -0.2) is 10.2 Å². The van der Waals surface area contributed by atoms with Crippen LogP contribution in [0, 0.1) is 0 Å². The molecular formula is C18H22O2. The third-order valence-electron chi connectivity index (χ3n) is 3.63. The van der Waals surface area contributed by atoms with Crippen LogP contribution in [0.4, 0.5) is 0 Å². The van der Waals surface area contributed by atoms with Crippen LogP contribution in [0.15, 0.2) is 48.5 Å². The molecule has 0 bridgehead atoms. The molecule has 0 saturated heterocycles. The lowest BCUT2D eigenvalue weighted by Crippen LogP contribution is -1.95. The highest BCUT2D eigenvalue weighted by Crippen LogP contribution is 2.16. The van der Waals surface area contributed by atoms with Gasteiger partial charge in [0.2, 0.25) is 0 Å². The van der Waals surface area contributed by atoms with Gasteiger partial charge in [0.1, 0.15) is 0 Å². The lowest BCUT2D eigenvalue weighted by atomic mass is 10.0. The fraction of sp³-hybridized carbons (Fsp3) is 0.333. The Labute approximate surface area is 120 Å². The molecule has 2 heteroatoms. The van der Waals surface area contributed by atoms with Crippen LogP contribution in [-0.2, 0) is 12.8 Å². The Morgan fingerprint density at radius 1 is 0.650 bits per heavy atom. The summed E-state index contributed by atoms with van der Waals surface area (Å²) in [6, 6.07) is 16.2. The molecule has 2 rings (SSSR count). The fourth-order valence-electron chi connectivity index (χ4n) is 2.21. The Balaban J connectivity index is 1.94. The van der Waals surface area contributed by atoms with Crippen molar-refractivity contribution in [3.8, 4) is 0 Å². The summed E-state index contributed by atoms with van der Waals surface area (Å²) >= 11 is 0. The third kappa shape index (κ3) is 3.92. The van der Waals surface area contributed by atoms with Gasteiger partial charge in [0.15, 0.2) is 0 Å². The molecule has 0 saturated carbocycles. The average Bonchev–Trinajstić information content (AvgIpc) is 2.46. The molecule has 0 fully saturated rings. The molecule has 0 heterocycles. The molecule has 2 nitrogen and oxygen atoms in total. The predicted molar refractivity (Wildman–Crippen MR) is 81.6 cm³/mol. The minimum Gasteiger partial charge on any atom is -0.389 e. The normalized spacial score (nSPS) is 14.0. The lowest BCUT2D eigenvalue weighted by Gasteiger charge is -2.08. The summed E-state index contributed by atoms with van der Waals surface area (Å²) in [6.45, 7) is 3.55. The summed E-state index contributed by atoms with van der Waals surface area (Å²) in [5, 5.41) is 18.9. The van der Waals surface area contributed by atoms with Gasteiger partial charge in [-0.1, -0.05) is 48.5 Å². The van der Waals surface area contributed by atoms with Crippen LogP contribution in [0.3, 0.4) is 0 Å². The third-order valence-corrected chi connectivity index (χ3v) is 3.63. The molecule has 2 N–H and O–H groups in total. The number of hydrogen-bond acceptors (Lipinski definition) is 2. The molecule has 20 heavy (non-hydrogen) atoms. The maximum Gasteiger partial charge on any atom is 0.0761 e. The highest BCUT2D eigenvalue weighted by atomic mass is 16.3. The van der Waals surface area contributed by atoms with Gasteiger partial charge >= 0.3 is 0 Å². The molecule has 2 aromatic carbocycles. The van der Waals surface area contributed by atoms with Crippen molar-refractivity contribution in [2.75, 3.05) is 0 Å². The Morgan fingerprint density at radius 3 is 1.20 bits per heavy atom. The molecule has 2 aromatic rings. The van der Waals surface area contributed by atoms with E-state index in [1.54, 1.807) is 13.8 Å². The van der Waals surface area contributed by atoms with Crippen LogP contribution in [0.25, 0.3) is 0 Å². The summed E-state index contributed by atoms with van der Waals surface area (Å²) in [7, 11) is 0. The smallest absolute Gasteiger partial charge is 0.0761 e. The second-order valence-corrected chi connectivity index (χ2v) is 5.34. The molecule has 0 aliphatic heterocycles. The van der Waals surface area contributed by atoms with Crippen LogP contribution >= 0.6 is 0 Å². The van der Waals surface area contributed by atoms with E-state index >= 15 is 0 Å². The van der Waals surface area contributed by atoms with Crippen molar-refractivity contribution < 1.29 is 10.2 Å². The quantitative estimate of drug-likeness (QED) is 0.872. The van der Waals surface area contributed by atoms with E-state index in [4.69, 9.17) is 0 Å². The van der Waals surface area contributed by atoms with Gasteiger partial charge in [-0.3, -0.25) is 0 Å². The Bertz CT molecular complexity index is 473. The van der Waals surface area contributed by atoms with E-state index in [-0.39, 0.29) is 0 Å². The van der Waals surface area contributed by atoms with E-state index < -0.39 is 12.2 Å². The number of aliphatic hydroxyl groups is 2. The van der Waals surface area contributed by atoms with Gasteiger partial charge in [-0.15, -0.1) is 0 Å². The molecular weight excluding hydrogens is 248 g/mol. The Hall–Kier alpha value is -1.64. The molecule has 106 valence electrons. The second-order valence-electron chi connectivity index (χ2n) is 5.34. The lowest BCUT2D eigenvalue weighted by molar-refractivity contribution is 0.199. The molecule has 0 amide bonds. The predicted octanol–water partition coefficient (Wildman–Crippen LogP) is 3.58. The summed E-state index contributed by atoms with van der Waals surface area (Å²) < 4.78 is 0. The SMILES string of the molecule is C[C@H](O)c1ccc(CCc2ccc([C@@H](C)O)cc2)cc1. The first-order chi connectivity index (χ1) is 9.56. The van der Waals surface area contributed by atoms with E-state index in [1.165, 1.54) is 11.1 Å². The van der Waals surface area contributed by atoms with E-state index in [1.807, 2.05) is 24.3 Å². The Morgan fingerprint density at radius 2 is 0.950 bits per heavy atom. The molecule has 2 atom stereocenters. The second kappa shape index (κ2) is 6.69. The summed E-state index contributed by atoms with van der Waals surface area (Å²) in [4.78, 5) is 0. The number of aryl methyl sites for hydroxylation is 2. The topological polar surface area (TPSA) is 40.5 Å². The zero-order valence-corrected chi connectivity index (χ0v) is 12.1. The standard InChI is InChI=1S/C18H22O2/c1-13(19)17-9-5-15(6-10-17)3-4-16-7-11-18(12-8-16)14(2)20/h5-14,19-20H,3-4H2,1-2H3/t13-,14+. The summed E-state index contributed by atoms with van der Waals surface area (Å²) in [5.41, 5.74) is 4.45. The minimum atomic E-state index is -0.405.